The van der Waals surface area contributed by atoms with Crippen molar-refractivity contribution in [2.24, 2.45) is 7.05 Å². The largest absolute Gasteiger partial charge is 0.417 e. The minimum atomic E-state index is -4.52. The summed E-state index contributed by atoms with van der Waals surface area (Å²) in [5, 5.41) is 6.49. The summed E-state index contributed by atoms with van der Waals surface area (Å²) < 4.78 is 39.8. The van der Waals surface area contributed by atoms with E-state index in [9.17, 15) is 18.0 Å². The Labute approximate surface area is 127 Å². The molecule has 0 spiro atoms. The van der Waals surface area contributed by atoms with Gasteiger partial charge < -0.3 is 5.32 Å². The van der Waals surface area contributed by atoms with Crippen LogP contribution < -0.4 is 5.32 Å². The number of benzene rings is 1. The van der Waals surface area contributed by atoms with Gasteiger partial charge in [-0.3, -0.25) is 9.48 Å². The zero-order valence-corrected chi connectivity index (χ0v) is 12.5. The quantitative estimate of drug-likeness (QED) is 0.912. The van der Waals surface area contributed by atoms with Crippen LogP contribution in [0.15, 0.2) is 34.9 Å². The summed E-state index contributed by atoms with van der Waals surface area (Å²) in [5.74, 6) is -0.575. The molecule has 0 fully saturated rings. The minimum Gasteiger partial charge on any atom is -0.346 e. The van der Waals surface area contributed by atoms with Gasteiger partial charge in [0.15, 0.2) is 0 Å². The van der Waals surface area contributed by atoms with Gasteiger partial charge in [-0.25, -0.2) is 0 Å². The van der Waals surface area contributed by atoms with Crippen LogP contribution in [0.25, 0.3) is 0 Å². The van der Waals surface area contributed by atoms with Crippen LogP contribution in [0.5, 0.6) is 0 Å². The molecule has 0 saturated carbocycles. The molecule has 8 heteroatoms. The van der Waals surface area contributed by atoms with Crippen molar-refractivity contribution in [1.82, 2.24) is 15.1 Å². The van der Waals surface area contributed by atoms with E-state index in [2.05, 4.69) is 26.3 Å². The molecule has 0 unspecified atom stereocenters. The summed E-state index contributed by atoms with van der Waals surface area (Å²) in [6.45, 7) is 0.187. The van der Waals surface area contributed by atoms with Gasteiger partial charge in [-0.05, 0) is 24.3 Å². The second-order valence-corrected chi connectivity index (χ2v) is 5.18. The Hall–Kier alpha value is -1.83. The molecule has 1 N–H and O–H groups in total. The molecule has 2 rings (SSSR count). The number of nitrogens with zero attached hydrogens (tertiary/aromatic N) is 2. The Bertz CT molecular complexity index is 667. The molecule has 1 amide bonds. The topological polar surface area (TPSA) is 46.9 Å². The first-order valence-corrected chi connectivity index (χ1v) is 6.70. The SMILES string of the molecule is Cn1nccc1CNC(=O)c1ccc(Br)c(C(F)(F)F)c1. The normalized spacial score (nSPS) is 11.5. The van der Waals surface area contributed by atoms with Gasteiger partial charge in [0.1, 0.15) is 0 Å². The third kappa shape index (κ3) is 3.63. The maximum atomic E-state index is 12.8. The van der Waals surface area contributed by atoms with Crippen molar-refractivity contribution < 1.29 is 18.0 Å². The van der Waals surface area contributed by atoms with Crippen molar-refractivity contribution in [2.75, 3.05) is 0 Å². The molecule has 1 aromatic carbocycles. The molecular formula is C13H11BrF3N3O. The van der Waals surface area contributed by atoms with Gasteiger partial charge in [-0.1, -0.05) is 15.9 Å². The second-order valence-electron chi connectivity index (χ2n) is 4.32. The number of rotatable bonds is 3. The molecule has 0 atom stereocenters. The van der Waals surface area contributed by atoms with Crippen molar-refractivity contribution in [2.45, 2.75) is 12.7 Å². The van der Waals surface area contributed by atoms with Crippen molar-refractivity contribution in [1.29, 1.82) is 0 Å². The molecule has 1 aromatic heterocycles. The van der Waals surface area contributed by atoms with Gasteiger partial charge in [-0.15, -0.1) is 0 Å². The van der Waals surface area contributed by atoms with Crippen LogP contribution in [-0.2, 0) is 19.8 Å². The van der Waals surface area contributed by atoms with Gasteiger partial charge in [0, 0.05) is 23.3 Å². The molecule has 0 radical (unpaired) electrons. The highest BCUT2D eigenvalue weighted by atomic mass is 79.9. The summed E-state index contributed by atoms with van der Waals surface area (Å²) in [4.78, 5) is 11.9. The summed E-state index contributed by atoms with van der Waals surface area (Å²) in [6.07, 6.45) is -2.94. The predicted molar refractivity (Wildman–Crippen MR) is 73.5 cm³/mol. The molecule has 112 valence electrons. The molecule has 0 aliphatic heterocycles. The average molecular weight is 362 g/mol. The lowest BCUT2D eigenvalue weighted by molar-refractivity contribution is -0.138. The maximum absolute atomic E-state index is 12.8. The number of aromatic nitrogens is 2. The average Bonchev–Trinajstić information content (AvgIpc) is 2.80. The van der Waals surface area contributed by atoms with Crippen LogP contribution in [0.4, 0.5) is 13.2 Å². The Balaban J connectivity index is 2.15. The summed E-state index contributed by atoms with van der Waals surface area (Å²) in [5.41, 5.74) is -0.181. The number of halogens is 4. The number of alkyl halides is 3. The predicted octanol–water partition coefficient (Wildman–Crippen LogP) is 3.13. The zero-order chi connectivity index (χ0) is 15.6. The lowest BCUT2D eigenvalue weighted by Gasteiger charge is -2.11. The van der Waals surface area contributed by atoms with E-state index in [1.165, 1.54) is 12.1 Å². The molecule has 0 aliphatic carbocycles. The fourth-order valence-corrected chi connectivity index (χ4v) is 2.20. The number of carbonyl (C=O) groups excluding carboxylic acids is 1. The van der Waals surface area contributed by atoms with Crippen LogP contribution in [0.3, 0.4) is 0 Å². The fourth-order valence-electron chi connectivity index (χ4n) is 1.73. The van der Waals surface area contributed by atoms with E-state index < -0.39 is 17.6 Å². The van der Waals surface area contributed by atoms with Crippen LogP contribution in [0.2, 0.25) is 0 Å². The molecule has 0 saturated heterocycles. The van der Waals surface area contributed by atoms with Crippen LogP contribution in [-0.4, -0.2) is 15.7 Å². The summed E-state index contributed by atoms with van der Waals surface area (Å²) in [7, 11) is 1.71. The third-order valence-electron chi connectivity index (χ3n) is 2.89. The first-order chi connectivity index (χ1) is 9.79. The smallest absolute Gasteiger partial charge is 0.346 e. The van der Waals surface area contributed by atoms with Crippen molar-refractivity contribution in [3.05, 3.63) is 51.8 Å². The molecule has 21 heavy (non-hydrogen) atoms. The fraction of sp³-hybridized carbons (Fsp3) is 0.231. The van der Waals surface area contributed by atoms with E-state index in [-0.39, 0.29) is 16.6 Å². The first-order valence-electron chi connectivity index (χ1n) is 5.91. The first kappa shape index (κ1) is 15.6. The van der Waals surface area contributed by atoms with Gasteiger partial charge >= 0.3 is 6.18 Å². The van der Waals surface area contributed by atoms with Crippen molar-refractivity contribution in [3.63, 3.8) is 0 Å². The second kappa shape index (κ2) is 5.88. The van der Waals surface area contributed by atoms with Gasteiger partial charge in [0.25, 0.3) is 5.91 Å². The van der Waals surface area contributed by atoms with Crippen molar-refractivity contribution >= 4 is 21.8 Å². The number of hydrogen-bond acceptors (Lipinski definition) is 2. The van der Waals surface area contributed by atoms with E-state index in [4.69, 9.17) is 0 Å². The Morgan fingerprint density at radius 1 is 1.38 bits per heavy atom. The van der Waals surface area contributed by atoms with E-state index >= 15 is 0 Å². The molecule has 0 aliphatic rings. The minimum absolute atomic E-state index is 0.0484. The lowest BCUT2D eigenvalue weighted by Crippen LogP contribution is -2.24. The Morgan fingerprint density at radius 3 is 2.67 bits per heavy atom. The third-order valence-corrected chi connectivity index (χ3v) is 3.58. The summed E-state index contributed by atoms with van der Waals surface area (Å²) >= 11 is 2.83. The molecule has 0 bridgehead atoms. The van der Waals surface area contributed by atoms with E-state index in [1.54, 1.807) is 24.0 Å². The molecule has 4 nitrogen and oxygen atoms in total. The van der Waals surface area contributed by atoms with Gasteiger partial charge in [0.2, 0.25) is 0 Å². The number of nitrogens with one attached hydrogen (secondary N) is 1. The standard InChI is InChI=1S/C13H11BrF3N3O/c1-20-9(4-5-19-20)7-18-12(21)8-2-3-11(14)10(6-8)13(15,16)17/h2-6H,7H2,1H3,(H,18,21). The van der Waals surface area contributed by atoms with Crippen LogP contribution in [0, 0.1) is 0 Å². The number of carbonyl (C=O) groups is 1. The van der Waals surface area contributed by atoms with E-state index in [0.29, 0.717) is 0 Å². The van der Waals surface area contributed by atoms with Gasteiger partial charge in [-0.2, -0.15) is 18.3 Å². The Kier molecular flexibility index (Phi) is 4.36. The van der Waals surface area contributed by atoms with Crippen molar-refractivity contribution in [3.8, 4) is 0 Å². The lowest BCUT2D eigenvalue weighted by atomic mass is 10.1. The number of aryl methyl sites for hydroxylation is 1. The Morgan fingerprint density at radius 2 is 2.10 bits per heavy atom. The van der Waals surface area contributed by atoms with Crippen LogP contribution >= 0.6 is 15.9 Å². The highest BCUT2D eigenvalue weighted by Crippen LogP contribution is 2.35. The molecule has 2 aromatic rings. The maximum Gasteiger partial charge on any atom is 0.417 e. The molecular weight excluding hydrogens is 351 g/mol. The summed E-state index contributed by atoms with van der Waals surface area (Å²) in [6, 6.07) is 5.07. The number of amides is 1. The van der Waals surface area contributed by atoms with Crippen LogP contribution in [0.1, 0.15) is 21.6 Å². The van der Waals surface area contributed by atoms with Gasteiger partial charge in [0.05, 0.1) is 17.8 Å². The van der Waals surface area contributed by atoms with E-state index in [0.717, 1.165) is 11.8 Å². The molecule has 1 heterocycles. The number of hydrogen-bond donors (Lipinski definition) is 1. The highest BCUT2D eigenvalue weighted by Gasteiger charge is 2.33. The highest BCUT2D eigenvalue weighted by molar-refractivity contribution is 9.10. The monoisotopic (exact) mass is 361 g/mol. The zero-order valence-electron chi connectivity index (χ0n) is 10.9. The van der Waals surface area contributed by atoms with E-state index in [1.807, 2.05) is 0 Å².